The summed E-state index contributed by atoms with van der Waals surface area (Å²) < 4.78 is 0. The first-order chi connectivity index (χ1) is 13.2. The van der Waals surface area contributed by atoms with Gasteiger partial charge in [-0.3, -0.25) is 9.59 Å². The Balaban J connectivity index is 2.22. The van der Waals surface area contributed by atoms with E-state index in [9.17, 15) is 9.59 Å². The van der Waals surface area contributed by atoms with E-state index in [1.807, 2.05) is 53.7 Å². The Labute approximate surface area is 172 Å². The van der Waals surface area contributed by atoms with E-state index in [4.69, 9.17) is 0 Å². The molecule has 0 aliphatic carbocycles. The molecule has 1 aromatic carbocycles. The van der Waals surface area contributed by atoms with Crippen molar-refractivity contribution in [3.05, 3.63) is 39.4 Å². The van der Waals surface area contributed by atoms with Gasteiger partial charge in [-0.15, -0.1) is 0 Å². The average Bonchev–Trinajstić information content (AvgIpc) is 3.00. The molecule has 5 nitrogen and oxygen atoms in total. The second-order valence-corrected chi connectivity index (χ2v) is 8.46. The number of amides is 2. The molecule has 2 aromatic rings. The minimum atomic E-state index is -0.391. The molecule has 1 aromatic heterocycles. The SMILES string of the molecule is CCC(CC)(CC)C(=O)Nc1nc(C)c(C(=O)Nc2c(C)cc(C)cc2C)s1. The maximum absolute atomic E-state index is 12.8. The minimum Gasteiger partial charge on any atom is -0.321 e. The minimum absolute atomic E-state index is 0.0223. The van der Waals surface area contributed by atoms with Crippen molar-refractivity contribution in [1.82, 2.24) is 4.98 Å². The van der Waals surface area contributed by atoms with Crippen LogP contribution in [-0.2, 0) is 4.79 Å². The molecule has 0 radical (unpaired) electrons. The number of aryl methyl sites for hydroxylation is 4. The molecular formula is C22H31N3O2S. The number of aromatic nitrogens is 1. The van der Waals surface area contributed by atoms with Crippen molar-refractivity contribution in [2.24, 2.45) is 5.41 Å². The van der Waals surface area contributed by atoms with E-state index in [0.717, 1.165) is 36.1 Å². The smallest absolute Gasteiger partial charge is 0.267 e. The molecule has 0 bridgehead atoms. The zero-order valence-corrected chi connectivity index (χ0v) is 18.8. The molecule has 0 saturated carbocycles. The number of hydrogen-bond acceptors (Lipinski definition) is 4. The van der Waals surface area contributed by atoms with Crippen LogP contribution in [0.2, 0.25) is 0 Å². The third-order valence-corrected chi connectivity index (χ3v) is 6.72. The lowest BCUT2D eigenvalue weighted by Gasteiger charge is -2.28. The normalized spacial score (nSPS) is 11.4. The molecule has 0 saturated heterocycles. The van der Waals surface area contributed by atoms with Gasteiger partial charge >= 0.3 is 0 Å². The van der Waals surface area contributed by atoms with Crippen LogP contribution < -0.4 is 10.6 Å². The predicted octanol–water partition coefficient (Wildman–Crippen LogP) is 5.78. The van der Waals surface area contributed by atoms with Crippen LogP contribution in [-0.4, -0.2) is 16.8 Å². The molecule has 2 amide bonds. The van der Waals surface area contributed by atoms with E-state index in [-0.39, 0.29) is 11.8 Å². The summed E-state index contributed by atoms with van der Waals surface area (Å²) in [6.07, 6.45) is 2.32. The summed E-state index contributed by atoms with van der Waals surface area (Å²) in [4.78, 5) is 30.6. The second-order valence-electron chi connectivity index (χ2n) is 7.46. The number of nitrogens with zero attached hydrogens (tertiary/aromatic N) is 1. The Hall–Kier alpha value is -2.21. The van der Waals surface area contributed by atoms with Crippen molar-refractivity contribution < 1.29 is 9.59 Å². The molecular weight excluding hydrogens is 370 g/mol. The van der Waals surface area contributed by atoms with Gasteiger partial charge in [0.15, 0.2) is 5.13 Å². The molecule has 0 fully saturated rings. The lowest BCUT2D eigenvalue weighted by atomic mass is 9.79. The second kappa shape index (κ2) is 8.86. The molecule has 152 valence electrons. The van der Waals surface area contributed by atoms with Crippen LogP contribution in [0.1, 0.15) is 72.1 Å². The fourth-order valence-electron chi connectivity index (χ4n) is 3.67. The van der Waals surface area contributed by atoms with Gasteiger partial charge in [-0.05, 0) is 58.1 Å². The summed E-state index contributed by atoms with van der Waals surface area (Å²) in [6.45, 7) is 13.9. The number of carbonyl (C=O) groups excluding carboxylic acids is 2. The van der Waals surface area contributed by atoms with Gasteiger partial charge in [0.25, 0.3) is 5.91 Å². The molecule has 0 atom stereocenters. The zero-order chi connectivity index (χ0) is 21.1. The Morgan fingerprint density at radius 1 is 0.964 bits per heavy atom. The lowest BCUT2D eigenvalue weighted by Crippen LogP contribution is -2.34. The summed E-state index contributed by atoms with van der Waals surface area (Å²) in [5, 5.41) is 6.42. The Kier molecular flexibility index (Phi) is 6.99. The summed E-state index contributed by atoms with van der Waals surface area (Å²) in [7, 11) is 0. The van der Waals surface area contributed by atoms with Crippen molar-refractivity contribution in [3.63, 3.8) is 0 Å². The number of thiazole rings is 1. The highest BCUT2D eigenvalue weighted by Gasteiger charge is 2.33. The van der Waals surface area contributed by atoms with Gasteiger partial charge in [0.1, 0.15) is 4.88 Å². The molecule has 6 heteroatoms. The Morgan fingerprint density at radius 3 is 2.00 bits per heavy atom. The van der Waals surface area contributed by atoms with Crippen molar-refractivity contribution in [2.45, 2.75) is 67.7 Å². The Morgan fingerprint density at radius 2 is 1.50 bits per heavy atom. The van der Waals surface area contributed by atoms with E-state index >= 15 is 0 Å². The number of rotatable bonds is 7. The number of hydrogen-bond donors (Lipinski definition) is 2. The van der Waals surface area contributed by atoms with E-state index < -0.39 is 5.41 Å². The highest BCUT2D eigenvalue weighted by atomic mass is 32.1. The van der Waals surface area contributed by atoms with Crippen LogP contribution in [0.15, 0.2) is 12.1 Å². The molecule has 1 heterocycles. The van der Waals surface area contributed by atoms with Gasteiger partial charge in [0.2, 0.25) is 5.91 Å². The maximum Gasteiger partial charge on any atom is 0.267 e. The average molecular weight is 402 g/mol. The summed E-state index contributed by atoms with van der Waals surface area (Å²) in [5.74, 6) is -0.218. The zero-order valence-electron chi connectivity index (χ0n) is 17.9. The van der Waals surface area contributed by atoms with E-state index in [0.29, 0.717) is 15.7 Å². The van der Waals surface area contributed by atoms with Crippen molar-refractivity contribution in [3.8, 4) is 0 Å². The highest BCUT2D eigenvalue weighted by Crippen LogP contribution is 2.33. The number of nitrogens with one attached hydrogen (secondary N) is 2. The third kappa shape index (κ3) is 4.43. The highest BCUT2D eigenvalue weighted by molar-refractivity contribution is 7.17. The van der Waals surface area contributed by atoms with E-state index in [1.165, 1.54) is 16.9 Å². The van der Waals surface area contributed by atoms with E-state index in [1.54, 1.807) is 6.92 Å². The van der Waals surface area contributed by atoms with Crippen molar-refractivity contribution in [2.75, 3.05) is 10.6 Å². The maximum atomic E-state index is 12.8. The number of carbonyl (C=O) groups is 2. The fourth-order valence-corrected chi connectivity index (χ4v) is 4.53. The first-order valence-electron chi connectivity index (χ1n) is 9.85. The van der Waals surface area contributed by atoms with Crippen LogP contribution >= 0.6 is 11.3 Å². The third-order valence-electron chi connectivity index (χ3n) is 5.65. The van der Waals surface area contributed by atoms with E-state index in [2.05, 4.69) is 15.6 Å². The molecule has 28 heavy (non-hydrogen) atoms. The summed E-state index contributed by atoms with van der Waals surface area (Å²) >= 11 is 1.22. The van der Waals surface area contributed by atoms with Crippen molar-refractivity contribution >= 4 is 34.0 Å². The predicted molar refractivity (Wildman–Crippen MR) is 117 cm³/mol. The standard InChI is InChI=1S/C22H31N3O2S/c1-8-22(9-2,10-3)20(27)25-21-23-16(7)18(28-21)19(26)24-17-14(5)11-13(4)12-15(17)6/h11-12H,8-10H2,1-7H3,(H,24,26)(H,23,25,27). The molecule has 2 N–H and O–H groups in total. The monoisotopic (exact) mass is 401 g/mol. The molecule has 2 rings (SSSR count). The largest absolute Gasteiger partial charge is 0.321 e. The first-order valence-corrected chi connectivity index (χ1v) is 10.7. The summed E-state index contributed by atoms with van der Waals surface area (Å²) in [5.41, 5.74) is 4.28. The molecule has 0 aliphatic heterocycles. The molecule has 0 aliphatic rings. The fraction of sp³-hybridized carbons (Fsp3) is 0.500. The quantitative estimate of drug-likeness (QED) is 0.617. The van der Waals surface area contributed by atoms with Gasteiger partial charge in [0, 0.05) is 11.1 Å². The first kappa shape index (κ1) is 22.1. The van der Waals surface area contributed by atoms with Gasteiger partial charge in [-0.1, -0.05) is 49.8 Å². The van der Waals surface area contributed by atoms with Crippen LogP contribution in [0.5, 0.6) is 0 Å². The molecule has 0 spiro atoms. The summed E-state index contributed by atoms with van der Waals surface area (Å²) in [6, 6.07) is 4.10. The van der Waals surface area contributed by atoms with Crippen LogP contribution in [0.3, 0.4) is 0 Å². The number of anilines is 2. The topological polar surface area (TPSA) is 71.1 Å². The van der Waals surface area contributed by atoms with Gasteiger partial charge in [-0.2, -0.15) is 0 Å². The van der Waals surface area contributed by atoms with Gasteiger partial charge in [-0.25, -0.2) is 4.98 Å². The van der Waals surface area contributed by atoms with Crippen LogP contribution in [0.25, 0.3) is 0 Å². The number of benzene rings is 1. The Bertz CT molecular complexity index is 851. The van der Waals surface area contributed by atoms with Crippen LogP contribution in [0, 0.1) is 33.1 Å². The molecule has 0 unspecified atom stereocenters. The van der Waals surface area contributed by atoms with Crippen LogP contribution in [0.4, 0.5) is 10.8 Å². The lowest BCUT2D eigenvalue weighted by molar-refractivity contribution is -0.126. The van der Waals surface area contributed by atoms with Gasteiger partial charge in [0.05, 0.1) is 5.69 Å². The van der Waals surface area contributed by atoms with Crippen molar-refractivity contribution in [1.29, 1.82) is 0 Å². The van der Waals surface area contributed by atoms with Gasteiger partial charge < -0.3 is 10.6 Å².